The lowest BCUT2D eigenvalue weighted by molar-refractivity contribution is -0.552. The second-order valence-corrected chi connectivity index (χ2v) is 13.9. The topological polar surface area (TPSA) is 92.5 Å². The molecule has 8 nitrogen and oxygen atoms in total. The number of rotatable bonds is 11. The number of anilines is 1. The number of benzene rings is 1. The Morgan fingerprint density at radius 2 is 1.68 bits per heavy atom. The van der Waals surface area contributed by atoms with Gasteiger partial charge >= 0.3 is 0 Å². The van der Waals surface area contributed by atoms with Gasteiger partial charge in [-0.15, -0.1) is 0 Å². The molecule has 0 aromatic heterocycles. The van der Waals surface area contributed by atoms with E-state index in [2.05, 4.69) is 77.0 Å². The van der Waals surface area contributed by atoms with E-state index in [1.807, 2.05) is 18.2 Å². The number of nitrogens with zero attached hydrogens (tertiary/aromatic N) is 4. The SMILES string of the molecule is CC(C)CCN1c2ccc([N+](=O)[O-])cc2C(C)(C)C1CC=CC1=[N+](CCC(C)C)C2C=CC([N+](=O)[O-])=CC2C1(C)C. The zero-order valence-corrected chi connectivity index (χ0v) is 26.0. The van der Waals surface area contributed by atoms with Gasteiger partial charge in [0.25, 0.3) is 11.4 Å². The van der Waals surface area contributed by atoms with E-state index in [-0.39, 0.29) is 50.1 Å². The Kier molecular flexibility index (Phi) is 8.63. The van der Waals surface area contributed by atoms with Crippen LogP contribution < -0.4 is 4.90 Å². The number of allylic oxidation sites excluding steroid dienone is 2. The third-order valence-electron chi connectivity index (χ3n) is 9.49. The highest BCUT2D eigenvalue weighted by Crippen LogP contribution is 2.48. The van der Waals surface area contributed by atoms with Crippen molar-refractivity contribution >= 4 is 17.1 Å². The molecule has 2 heterocycles. The first kappa shape index (κ1) is 30.7. The van der Waals surface area contributed by atoms with Gasteiger partial charge in [-0.3, -0.25) is 20.2 Å². The fraction of sp³-hybridized carbons (Fsp3) is 0.606. The van der Waals surface area contributed by atoms with Gasteiger partial charge in [0.1, 0.15) is 6.54 Å². The molecule has 4 rings (SSSR count). The standard InChI is InChI=1S/C33H47N4O4/c1-22(2)16-18-34-28-14-12-24(36(38)39)20-26(28)32(5,6)30(34)10-9-11-31-33(7,8)27-21-25(37(40)41)13-15-29(27)35(31)19-17-23(3)4/h9-10,12-15,20-23,26,28,31H,11,16-19H2,1-8H3/q+1. The van der Waals surface area contributed by atoms with E-state index in [4.69, 9.17) is 0 Å². The van der Waals surface area contributed by atoms with Crippen molar-refractivity contribution in [1.29, 1.82) is 0 Å². The molecule has 222 valence electrons. The first-order chi connectivity index (χ1) is 19.2. The van der Waals surface area contributed by atoms with Crippen LogP contribution in [0.15, 0.2) is 54.3 Å². The number of nitro groups is 2. The Bertz CT molecular complexity index is 1320. The van der Waals surface area contributed by atoms with Crippen LogP contribution in [0.25, 0.3) is 0 Å². The normalized spacial score (nSPS) is 24.4. The maximum absolute atomic E-state index is 11.6. The Hall–Kier alpha value is -3.29. The maximum atomic E-state index is 11.6. The molecule has 0 saturated heterocycles. The molecule has 41 heavy (non-hydrogen) atoms. The third kappa shape index (κ3) is 5.88. The fourth-order valence-electron chi connectivity index (χ4n) is 6.93. The van der Waals surface area contributed by atoms with Crippen molar-refractivity contribution in [3.05, 3.63) is 80.1 Å². The van der Waals surface area contributed by atoms with Crippen LogP contribution in [0.4, 0.5) is 11.4 Å². The van der Waals surface area contributed by atoms with Crippen LogP contribution in [-0.2, 0) is 5.41 Å². The molecule has 1 aromatic rings. The van der Waals surface area contributed by atoms with Crippen molar-refractivity contribution in [3.63, 3.8) is 0 Å². The van der Waals surface area contributed by atoms with Gasteiger partial charge in [0.15, 0.2) is 11.8 Å². The zero-order valence-electron chi connectivity index (χ0n) is 26.0. The lowest BCUT2D eigenvalue weighted by atomic mass is 9.72. The quantitative estimate of drug-likeness (QED) is 0.160. The molecule has 0 bridgehead atoms. The lowest BCUT2D eigenvalue weighted by Crippen LogP contribution is -2.42. The van der Waals surface area contributed by atoms with E-state index < -0.39 is 0 Å². The van der Waals surface area contributed by atoms with E-state index in [1.54, 1.807) is 18.2 Å². The van der Waals surface area contributed by atoms with E-state index in [0.717, 1.165) is 43.6 Å². The molecule has 0 fully saturated rings. The molecule has 8 heteroatoms. The van der Waals surface area contributed by atoms with E-state index >= 15 is 0 Å². The van der Waals surface area contributed by atoms with Crippen LogP contribution in [0.2, 0.25) is 0 Å². The Labute approximate surface area is 244 Å². The molecule has 0 amide bonds. The summed E-state index contributed by atoms with van der Waals surface area (Å²) in [7, 11) is 0. The summed E-state index contributed by atoms with van der Waals surface area (Å²) >= 11 is 0. The largest absolute Gasteiger partial charge is 0.367 e. The Morgan fingerprint density at radius 3 is 2.29 bits per heavy atom. The summed E-state index contributed by atoms with van der Waals surface area (Å²) in [6, 6.07) is 5.58. The zero-order chi connectivity index (χ0) is 30.3. The summed E-state index contributed by atoms with van der Waals surface area (Å²) in [6.07, 6.45) is 12.9. The minimum atomic E-state index is -0.306. The predicted octanol–water partition coefficient (Wildman–Crippen LogP) is 7.31. The fourth-order valence-corrected chi connectivity index (χ4v) is 6.93. The molecule has 1 aromatic carbocycles. The van der Waals surface area contributed by atoms with Gasteiger partial charge < -0.3 is 4.90 Å². The van der Waals surface area contributed by atoms with Crippen molar-refractivity contribution < 1.29 is 14.4 Å². The molecule has 0 N–H and O–H groups in total. The van der Waals surface area contributed by atoms with E-state index in [9.17, 15) is 20.2 Å². The predicted molar refractivity (Wildman–Crippen MR) is 165 cm³/mol. The van der Waals surface area contributed by atoms with Crippen molar-refractivity contribution in [2.24, 2.45) is 23.2 Å². The molecule has 0 saturated carbocycles. The number of nitro benzene ring substituents is 1. The van der Waals surface area contributed by atoms with Gasteiger partial charge in [-0.05, 0) is 56.2 Å². The van der Waals surface area contributed by atoms with Gasteiger partial charge in [0.05, 0.1) is 21.2 Å². The van der Waals surface area contributed by atoms with Crippen LogP contribution in [0, 0.1) is 43.4 Å². The van der Waals surface area contributed by atoms with Crippen molar-refractivity contribution in [1.82, 2.24) is 0 Å². The molecule has 3 aliphatic rings. The van der Waals surface area contributed by atoms with Gasteiger partial charge in [-0.1, -0.05) is 47.6 Å². The van der Waals surface area contributed by atoms with Gasteiger partial charge in [-0.2, -0.15) is 0 Å². The summed E-state index contributed by atoms with van der Waals surface area (Å²) in [5.41, 5.74) is 3.13. The van der Waals surface area contributed by atoms with E-state index in [0.29, 0.717) is 11.8 Å². The number of fused-ring (bicyclic) bond motifs is 2. The van der Waals surface area contributed by atoms with Crippen molar-refractivity contribution in [2.75, 3.05) is 18.0 Å². The molecular formula is C33H47N4O4+. The van der Waals surface area contributed by atoms with Crippen LogP contribution in [0.5, 0.6) is 0 Å². The first-order valence-electron chi connectivity index (χ1n) is 15.1. The molecule has 0 radical (unpaired) electrons. The second kappa shape index (κ2) is 11.5. The van der Waals surface area contributed by atoms with Crippen molar-refractivity contribution in [3.8, 4) is 0 Å². The van der Waals surface area contributed by atoms with Crippen LogP contribution >= 0.6 is 0 Å². The van der Waals surface area contributed by atoms with Crippen LogP contribution in [0.3, 0.4) is 0 Å². The highest BCUT2D eigenvalue weighted by molar-refractivity contribution is 5.97. The van der Waals surface area contributed by atoms with Gasteiger partial charge in [0.2, 0.25) is 0 Å². The molecule has 0 spiro atoms. The first-order valence-corrected chi connectivity index (χ1v) is 15.1. The number of non-ortho nitro benzene ring substituents is 1. The molecule has 2 aliphatic heterocycles. The molecule has 1 aliphatic carbocycles. The van der Waals surface area contributed by atoms with Crippen LogP contribution in [0.1, 0.15) is 80.2 Å². The lowest BCUT2D eigenvalue weighted by Gasteiger charge is -2.34. The average Bonchev–Trinajstić information content (AvgIpc) is 3.24. The second-order valence-electron chi connectivity index (χ2n) is 13.9. The Balaban J connectivity index is 1.68. The number of hydrogen-bond donors (Lipinski definition) is 0. The maximum Gasteiger partial charge on any atom is 0.269 e. The summed E-state index contributed by atoms with van der Waals surface area (Å²) in [4.78, 5) is 25.1. The van der Waals surface area contributed by atoms with Gasteiger partial charge in [-0.25, -0.2) is 4.58 Å². The van der Waals surface area contributed by atoms with Crippen LogP contribution in [-0.4, -0.2) is 45.3 Å². The average molecular weight is 564 g/mol. The van der Waals surface area contributed by atoms with E-state index in [1.165, 1.54) is 5.71 Å². The molecular weight excluding hydrogens is 516 g/mol. The molecule has 3 atom stereocenters. The highest BCUT2D eigenvalue weighted by atomic mass is 16.6. The highest BCUT2D eigenvalue weighted by Gasteiger charge is 2.54. The monoisotopic (exact) mass is 563 g/mol. The smallest absolute Gasteiger partial charge is 0.269 e. The summed E-state index contributed by atoms with van der Waals surface area (Å²) in [5.74, 6) is 1.13. The third-order valence-corrected chi connectivity index (χ3v) is 9.49. The summed E-state index contributed by atoms with van der Waals surface area (Å²) in [5, 5.41) is 23.2. The Morgan fingerprint density at radius 1 is 1.00 bits per heavy atom. The minimum Gasteiger partial charge on any atom is -0.367 e. The summed E-state index contributed by atoms with van der Waals surface area (Å²) < 4.78 is 2.46. The number of hydrogen-bond acceptors (Lipinski definition) is 5. The van der Waals surface area contributed by atoms with Gasteiger partial charge in [0, 0.05) is 60.5 Å². The van der Waals surface area contributed by atoms with Crippen molar-refractivity contribution in [2.45, 2.75) is 92.2 Å². The minimum absolute atomic E-state index is 0.0231. The molecule has 3 unspecified atom stereocenters. The summed E-state index contributed by atoms with van der Waals surface area (Å²) in [6.45, 7) is 19.5.